The number of aliphatic hydroxyl groups is 1. The molecule has 4 heteroatoms. The summed E-state index contributed by atoms with van der Waals surface area (Å²) in [5.41, 5.74) is 2.84. The lowest BCUT2D eigenvalue weighted by molar-refractivity contribution is 0.178. The molecule has 2 aromatic heterocycles. The molecule has 22 heavy (non-hydrogen) atoms. The summed E-state index contributed by atoms with van der Waals surface area (Å²) < 4.78 is 5.21. The molecule has 1 aliphatic rings. The summed E-state index contributed by atoms with van der Waals surface area (Å²) in [6, 6.07) is 5.76. The molecular formula is C18H22N2O2. The third-order valence-electron chi connectivity index (χ3n) is 4.50. The molecule has 0 amide bonds. The number of aromatic nitrogens is 2. The van der Waals surface area contributed by atoms with Crippen LogP contribution in [-0.4, -0.2) is 28.8 Å². The van der Waals surface area contributed by atoms with E-state index in [0.29, 0.717) is 24.3 Å². The molecule has 1 aliphatic carbocycles. The Morgan fingerprint density at radius 1 is 1.23 bits per heavy atom. The SMILES string of the molecule is COc1ccc2nccc(/C=C/[C@H]3CC[C@H](CO)CC3)c2n1. The number of hydrogen-bond donors (Lipinski definition) is 1. The van der Waals surface area contributed by atoms with Gasteiger partial charge in [0, 0.05) is 24.4 Å². The smallest absolute Gasteiger partial charge is 0.213 e. The molecule has 0 spiro atoms. The molecule has 4 nitrogen and oxygen atoms in total. The van der Waals surface area contributed by atoms with Gasteiger partial charge in [0.2, 0.25) is 5.88 Å². The second-order valence-corrected chi connectivity index (χ2v) is 5.94. The topological polar surface area (TPSA) is 55.2 Å². The minimum atomic E-state index is 0.329. The largest absolute Gasteiger partial charge is 0.481 e. The van der Waals surface area contributed by atoms with E-state index in [-0.39, 0.29) is 0 Å². The van der Waals surface area contributed by atoms with Gasteiger partial charge in [0.1, 0.15) is 0 Å². The Morgan fingerprint density at radius 3 is 2.77 bits per heavy atom. The van der Waals surface area contributed by atoms with Crippen LogP contribution in [0.15, 0.2) is 30.5 Å². The highest BCUT2D eigenvalue weighted by Gasteiger charge is 2.18. The second-order valence-electron chi connectivity index (χ2n) is 5.94. The summed E-state index contributed by atoms with van der Waals surface area (Å²) in [5.74, 6) is 1.70. The van der Waals surface area contributed by atoms with Gasteiger partial charge in [-0.05, 0) is 49.7 Å². The number of allylic oxidation sites excluding steroid dienone is 1. The van der Waals surface area contributed by atoms with Gasteiger partial charge in [-0.2, -0.15) is 0 Å². The van der Waals surface area contributed by atoms with E-state index in [1.807, 2.05) is 24.4 Å². The summed E-state index contributed by atoms with van der Waals surface area (Å²) >= 11 is 0. The first-order valence-electron chi connectivity index (χ1n) is 7.89. The Hall–Kier alpha value is -1.94. The highest BCUT2D eigenvalue weighted by molar-refractivity contribution is 5.84. The molecule has 3 rings (SSSR count). The summed E-state index contributed by atoms with van der Waals surface area (Å²) in [6.07, 6.45) is 10.8. The van der Waals surface area contributed by atoms with Crippen LogP contribution in [-0.2, 0) is 0 Å². The van der Waals surface area contributed by atoms with Crippen molar-refractivity contribution in [2.45, 2.75) is 25.7 Å². The van der Waals surface area contributed by atoms with Gasteiger partial charge in [0.05, 0.1) is 18.1 Å². The van der Waals surface area contributed by atoms with Gasteiger partial charge in [-0.15, -0.1) is 0 Å². The Kier molecular flexibility index (Phi) is 4.68. The fourth-order valence-corrected chi connectivity index (χ4v) is 3.08. The van der Waals surface area contributed by atoms with Gasteiger partial charge in [-0.3, -0.25) is 4.98 Å². The number of rotatable bonds is 4. The Morgan fingerprint density at radius 2 is 2.05 bits per heavy atom. The molecular weight excluding hydrogens is 276 g/mol. The molecule has 0 radical (unpaired) electrons. The van der Waals surface area contributed by atoms with Gasteiger partial charge in [0.15, 0.2) is 0 Å². The van der Waals surface area contributed by atoms with Gasteiger partial charge >= 0.3 is 0 Å². The number of pyridine rings is 2. The minimum Gasteiger partial charge on any atom is -0.481 e. The molecule has 0 aliphatic heterocycles. The van der Waals surface area contributed by atoms with Crippen molar-refractivity contribution in [3.63, 3.8) is 0 Å². The van der Waals surface area contributed by atoms with Crippen LogP contribution < -0.4 is 4.74 Å². The van der Waals surface area contributed by atoms with Crippen molar-refractivity contribution >= 4 is 17.1 Å². The van der Waals surface area contributed by atoms with E-state index >= 15 is 0 Å². The molecule has 0 saturated heterocycles. The van der Waals surface area contributed by atoms with E-state index in [1.54, 1.807) is 7.11 Å². The van der Waals surface area contributed by atoms with E-state index in [4.69, 9.17) is 4.74 Å². The lowest BCUT2D eigenvalue weighted by atomic mass is 9.82. The van der Waals surface area contributed by atoms with Crippen molar-refractivity contribution in [3.05, 3.63) is 36.0 Å². The first kappa shape index (κ1) is 15.0. The number of methoxy groups -OCH3 is 1. The zero-order valence-electron chi connectivity index (χ0n) is 12.9. The zero-order valence-corrected chi connectivity index (χ0v) is 12.9. The van der Waals surface area contributed by atoms with Gasteiger partial charge in [-0.25, -0.2) is 4.98 Å². The summed E-state index contributed by atoms with van der Waals surface area (Å²) in [4.78, 5) is 8.87. The predicted octanol–water partition coefficient (Wildman–Crippen LogP) is 3.45. The minimum absolute atomic E-state index is 0.329. The molecule has 116 valence electrons. The quantitative estimate of drug-likeness (QED) is 0.939. The number of aliphatic hydroxyl groups excluding tert-OH is 1. The van der Waals surface area contributed by atoms with Crippen molar-refractivity contribution < 1.29 is 9.84 Å². The Balaban J connectivity index is 1.80. The van der Waals surface area contributed by atoms with E-state index in [0.717, 1.165) is 42.3 Å². The van der Waals surface area contributed by atoms with Gasteiger partial charge in [-0.1, -0.05) is 12.2 Å². The van der Waals surface area contributed by atoms with Gasteiger partial charge < -0.3 is 9.84 Å². The maximum Gasteiger partial charge on any atom is 0.213 e. The van der Waals surface area contributed by atoms with Crippen LogP contribution in [0.3, 0.4) is 0 Å². The molecule has 2 heterocycles. The number of hydrogen-bond acceptors (Lipinski definition) is 4. The summed E-state index contributed by atoms with van der Waals surface area (Å²) in [5, 5.41) is 9.21. The average Bonchev–Trinajstić information content (AvgIpc) is 2.59. The molecule has 1 saturated carbocycles. The van der Waals surface area contributed by atoms with Crippen LogP contribution in [0.5, 0.6) is 5.88 Å². The normalized spacial score (nSPS) is 22.3. The first-order valence-corrected chi connectivity index (χ1v) is 7.89. The van der Waals surface area contributed by atoms with Crippen molar-refractivity contribution in [1.29, 1.82) is 0 Å². The molecule has 0 atom stereocenters. The summed E-state index contributed by atoms with van der Waals surface area (Å²) in [6.45, 7) is 0.329. The standard InChI is InChI=1S/C18H22N2O2/c1-22-17-9-8-16-18(20-17)15(10-11-19-16)7-6-13-2-4-14(12-21)5-3-13/h6-11,13-14,21H,2-5,12H2,1H3/b7-6+/t13-,14-. The van der Waals surface area contributed by atoms with Gasteiger partial charge in [0.25, 0.3) is 0 Å². The van der Waals surface area contributed by atoms with Crippen LogP contribution in [0.25, 0.3) is 17.1 Å². The molecule has 2 aromatic rings. The van der Waals surface area contributed by atoms with Crippen molar-refractivity contribution in [1.82, 2.24) is 9.97 Å². The number of fused-ring (bicyclic) bond motifs is 1. The van der Waals surface area contributed by atoms with Crippen LogP contribution >= 0.6 is 0 Å². The fraction of sp³-hybridized carbons (Fsp3) is 0.444. The molecule has 1 N–H and O–H groups in total. The fourth-order valence-electron chi connectivity index (χ4n) is 3.08. The maximum absolute atomic E-state index is 9.21. The van der Waals surface area contributed by atoms with Crippen LogP contribution in [0, 0.1) is 11.8 Å². The molecule has 0 aromatic carbocycles. The van der Waals surface area contributed by atoms with Crippen LogP contribution in [0.1, 0.15) is 31.2 Å². The monoisotopic (exact) mass is 298 g/mol. The number of nitrogens with zero attached hydrogens (tertiary/aromatic N) is 2. The highest BCUT2D eigenvalue weighted by atomic mass is 16.5. The van der Waals surface area contributed by atoms with E-state index in [1.165, 1.54) is 0 Å². The Bertz CT molecular complexity index is 661. The van der Waals surface area contributed by atoms with Crippen LogP contribution in [0.4, 0.5) is 0 Å². The maximum atomic E-state index is 9.21. The average molecular weight is 298 g/mol. The van der Waals surface area contributed by atoms with Crippen molar-refractivity contribution in [2.24, 2.45) is 11.8 Å². The third kappa shape index (κ3) is 3.28. The molecule has 1 fully saturated rings. The first-order chi connectivity index (χ1) is 10.8. The second kappa shape index (κ2) is 6.88. The van der Waals surface area contributed by atoms with E-state index in [2.05, 4.69) is 22.1 Å². The molecule has 0 unspecified atom stereocenters. The highest BCUT2D eigenvalue weighted by Crippen LogP contribution is 2.30. The van der Waals surface area contributed by atoms with E-state index in [9.17, 15) is 5.11 Å². The zero-order chi connectivity index (χ0) is 15.4. The lowest BCUT2D eigenvalue weighted by Crippen LogP contribution is -2.15. The van der Waals surface area contributed by atoms with E-state index < -0.39 is 0 Å². The molecule has 0 bridgehead atoms. The lowest BCUT2D eigenvalue weighted by Gasteiger charge is -2.25. The number of ether oxygens (including phenoxy) is 1. The third-order valence-corrected chi connectivity index (χ3v) is 4.50. The Labute approximate surface area is 130 Å². The summed E-state index contributed by atoms with van der Waals surface area (Å²) in [7, 11) is 1.62. The van der Waals surface area contributed by atoms with Crippen LogP contribution in [0.2, 0.25) is 0 Å². The van der Waals surface area contributed by atoms with Crippen molar-refractivity contribution in [2.75, 3.05) is 13.7 Å². The predicted molar refractivity (Wildman–Crippen MR) is 87.7 cm³/mol. The van der Waals surface area contributed by atoms with Crippen molar-refractivity contribution in [3.8, 4) is 5.88 Å².